The zero-order valence-electron chi connectivity index (χ0n) is 16.8. The van der Waals surface area contributed by atoms with Gasteiger partial charge in [0.05, 0.1) is 6.67 Å². The minimum Gasteiger partial charge on any atom is -0.478 e. The van der Waals surface area contributed by atoms with Crippen molar-refractivity contribution < 1.29 is 54.5 Å². The molecule has 0 heterocycles. The molecule has 0 aromatic heterocycles. The number of carboxylic acid groups (broad SMARTS) is 1. The van der Waals surface area contributed by atoms with E-state index in [1.165, 1.54) is 0 Å². The summed E-state index contributed by atoms with van der Waals surface area (Å²) in [4.78, 5) is 9.25. The third kappa shape index (κ3) is 14.3. The molecule has 0 radical (unpaired) electrons. The summed E-state index contributed by atoms with van der Waals surface area (Å²) in [6.45, 7) is 2.52. The van der Waals surface area contributed by atoms with Crippen molar-refractivity contribution in [3.63, 3.8) is 0 Å². The van der Waals surface area contributed by atoms with Crippen molar-refractivity contribution >= 4 is 5.97 Å². The summed E-state index contributed by atoms with van der Waals surface area (Å²) >= 11 is 0. The quantitative estimate of drug-likeness (QED) is 0.173. The molecule has 8 atom stereocenters. The van der Waals surface area contributed by atoms with Gasteiger partial charge in [-0.15, -0.1) is 0 Å². The molecule has 0 amide bonds. The number of carbonyl (C=O) groups is 1. The first kappa shape index (κ1) is 31.7. The van der Waals surface area contributed by atoms with Crippen LogP contribution in [0.3, 0.4) is 0 Å². The summed E-state index contributed by atoms with van der Waals surface area (Å²) in [6.07, 6.45) is -23.4. The van der Waals surface area contributed by atoms with Gasteiger partial charge in [-0.2, -0.15) is 0 Å². The number of aliphatic hydroxyl groups is 1. The largest absolute Gasteiger partial charge is 0.478 e. The van der Waals surface area contributed by atoms with Gasteiger partial charge in [-0.1, -0.05) is 38.7 Å². The topological polar surface area (TPSA) is 57.5 Å². The maximum atomic E-state index is 13.6. The van der Waals surface area contributed by atoms with Crippen LogP contribution in [0.5, 0.6) is 0 Å². The lowest BCUT2D eigenvalue weighted by molar-refractivity contribution is -0.131. The van der Waals surface area contributed by atoms with Gasteiger partial charge in [0.15, 0.2) is 37.0 Å². The van der Waals surface area contributed by atoms with Crippen molar-refractivity contribution in [2.45, 2.75) is 94.5 Å². The fourth-order valence-corrected chi connectivity index (χ4v) is 2.35. The first-order valence-electron chi connectivity index (χ1n) is 9.64. The highest BCUT2D eigenvalue weighted by atomic mass is 19.2. The molecule has 31 heavy (non-hydrogen) atoms. The lowest BCUT2D eigenvalue weighted by Gasteiger charge is -2.25. The van der Waals surface area contributed by atoms with Crippen molar-refractivity contribution in [1.29, 1.82) is 0 Å². The van der Waals surface area contributed by atoms with E-state index in [1.54, 1.807) is 0 Å². The fraction of sp³-hybridized carbons (Fsp3) is 0.842. The van der Waals surface area contributed by atoms with Crippen LogP contribution < -0.4 is 0 Å². The highest BCUT2D eigenvalue weighted by Gasteiger charge is 2.46. The van der Waals surface area contributed by atoms with Crippen LogP contribution in [0.15, 0.2) is 12.7 Å². The van der Waals surface area contributed by atoms with Gasteiger partial charge in [0.2, 0.25) is 6.36 Å². The zero-order valence-corrected chi connectivity index (χ0v) is 16.8. The van der Waals surface area contributed by atoms with Crippen molar-refractivity contribution in [3.05, 3.63) is 12.7 Å². The van der Waals surface area contributed by atoms with Crippen molar-refractivity contribution in [3.8, 4) is 0 Å². The molecular formula is C19H29F9O3. The molecule has 0 spiro atoms. The maximum Gasteiger partial charge on any atom is 0.327 e. The van der Waals surface area contributed by atoms with E-state index in [2.05, 4.69) is 6.58 Å². The van der Waals surface area contributed by atoms with E-state index in [0.717, 1.165) is 6.08 Å². The molecule has 0 aliphatic heterocycles. The molecule has 0 saturated carbocycles. The average Bonchev–Trinajstić information content (AvgIpc) is 2.75. The number of aliphatic carboxylic acids is 1. The van der Waals surface area contributed by atoms with E-state index in [9.17, 15) is 44.3 Å². The molecule has 8 unspecified atom stereocenters. The van der Waals surface area contributed by atoms with Crippen LogP contribution in [-0.4, -0.2) is 72.4 Å². The lowest BCUT2D eigenvalue weighted by atomic mass is 9.97. The SMILES string of the molecule is C=CC(=O)O.OC(F)C(F)C(F)C(F)C(F)C(F)C(F)C(F)CCCCCCCCF. The van der Waals surface area contributed by atoms with Crippen LogP contribution in [-0.2, 0) is 4.79 Å². The second kappa shape index (κ2) is 18.1. The molecule has 186 valence electrons. The van der Waals surface area contributed by atoms with Crippen LogP contribution in [0.4, 0.5) is 39.5 Å². The van der Waals surface area contributed by atoms with E-state index < -0.39 is 68.6 Å². The Bertz CT molecular complexity index is 471. The normalized spacial score (nSPS) is 19.0. The number of aliphatic hydroxyl groups excluding tert-OH is 1. The van der Waals surface area contributed by atoms with E-state index in [0.29, 0.717) is 32.1 Å². The highest BCUT2D eigenvalue weighted by molar-refractivity contribution is 5.78. The first-order valence-corrected chi connectivity index (χ1v) is 9.64. The maximum absolute atomic E-state index is 13.6. The smallest absolute Gasteiger partial charge is 0.327 e. The summed E-state index contributed by atoms with van der Waals surface area (Å²) in [5.74, 6) is -0.981. The molecule has 0 fully saturated rings. The minimum absolute atomic E-state index is 0.131. The molecule has 0 bridgehead atoms. The fourth-order valence-electron chi connectivity index (χ4n) is 2.35. The van der Waals surface area contributed by atoms with E-state index >= 15 is 0 Å². The van der Waals surface area contributed by atoms with Crippen LogP contribution in [0.25, 0.3) is 0 Å². The molecule has 0 aromatic rings. The van der Waals surface area contributed by atoms with E-state index in [-0.39, 0.29) is 6.42 Å². The van der Waals surface area contributed by atoms with E-state index in [4.69, 9.17) is 10.2 Å². The van der Waals surface area contributed by atoms with Crippen LogP contribution >= 0.6 is 0 Å². The molecule has 2 N–H and O–H groups in total. The van der Waals surface area contributed by atoms with Gasteiger partial charge >= 0.3 is 5.97 Å². The Morgan fingerprint density at radius 3 is 1.45 bits per heavy atom. The van der Waals surface area contributed by atoms with Gasteiger partial charge in [-0.3, -0.25) is 4.39 Å². The van der Waals surface area contributed by atoms with Crippen molar-refractivity contribution in [1.82, 2.24) is 0 Å². The lowest BCUT2D eigenvalue weighted by Crippen LogP contribution is -2.46. The summed E-state index contributed by atoms with van der Waals surface area (Å²) in [5, 5.41) is 15.7. The molecular weight excluding hydrogens is 447 g/mol. The molecule has 0 aliphatic rings. The Balaban J connectivity index is 0. The number of carboxylic acids is 1. The number of hydrogen-bond acceptors (Lipinski definition) is 2. The van der Waals surface area contributed by atoms with Crippen LogP contribution in [0.2, 0.25) is 0 Å². The first-order chi connectivity index (χ1) is 14.4. The number of unbranched alkanes of at least 4 members (excludes halogenated alkanes) is 5. The van der Waals surface area contributed by atoms with Gasteiger partial charge in [-0.25, -0.2) is 39.9 Å². The van der Waals surface area contributed by atoms with Gasteiger partial charge in [0.1, 0.15) is 6.17 Å². The van der Waals surface area contributed by atoms with Crippen molar-refractivity contribution in [2.75, 3.05) is 6.67 Å². The summed E-state index contributed by atoms with van der Waals surface area (Å²) in [6, 6.07) is 0. The van der Waals surface area contributed by atoms with Gasteiger partial charge in [0, 0.05) is 6.08 Å². The number of rotatable bonds is 16. The molecule has 0 aromatic carbocycles. The number of halogens is 9. The standard InChI is InChI=1S/C16H25F9O.C3H4O2/c17-8-6-4-2-1-3-5-7-9(18)10(19)11(20)12(21)13(22)14(23)15(24)16(25)26;1-2-3(4)5/h9-16,26H,1-8H2;2H,1H2,(H,4,5). The second-order valence-electron chi connectivity index (χ2n) is 6.70. The van der Waals surface area contributed by atoms with Gasteiger partial charge in [-0.05, 0) is 12.8 Å². The van der Waals surface area contributed by atoms with Crippen LogP contribution in [0, 0.1) is 0 Å². The van der Waals surface area contributed by atoms with Crippen molar-refractivity contribution in [2.24, 2.45) is 0 Å². The Morgan fingerprint density at radius 2 is 1.06 bits per heavy atom. The van der Waals surface area contributed by atoms with E-state index in [1.807, 2.05) is 0 Å². The zero-order chi connectivity index (χ0) is 24.6. The summed E-state index contributed by atoms with van der Waals surface area (Å²) in [5.41, 5.74) is 0. The number of alkyl halides is 9. The molecule has 3 nitrogen and oxygen atoms in total. The Kier molecular flexibility index (Phi) is 18.6. The van der Waals surface area contributed by atoms with Crippen LogP contribution in [0.1, 0.15) is 44.9 Å². The third-order valence-corrected chi connectivity index (χ3v) is 4.17. The summed E-state index contributed by atoms with van der Waals surface area (Å²) in [7, 11) is 0. The number of hydrogen-bond donors (Lipinski definition) is 2. The highest BCUT2D eigenvalue weighted by Crippen LogP contribution is 2.28. The predicted octanol–water partition coefficient (Wildman–Crippen LogP) is 5.60. The molecule has 0 aliphatic carbocycles. The predicted molar refractivity (Wildman–Crippen MR) is 97.5 cm³/mol. The minimum atomic E-state index is -3.61. The third-order valence-electron chi connectivity index (χ3n) is 4.17. The monoisotopic (exact) mass is 476 g/mol. The molecule has 0 saturated heterocycles. The molecule has 0 rings (SSSR count). The Morgan fingerprint density at radius 1 is 0.710 bits per heavy atom. The second-order valence-corrected chi connectivity index (χ2v) is 6.70. The average molecular weight is 476 g/mol. The molecule has 12 heteroatoms. The summed E-state index contributed by atoms with van der Waals surface area (Å²) < 4.78 is 117. The van der Waals surface area contributed by atoms with Gasteiger partial charge in [0.25, 0.3) is 0 Å². The van der Waals surface area contributed by atoms with Gasteiger partial charge < -0.3 is 10.2 Å². The Hall–Kier alpha value is -1.46. The Labute approximate surface area is 175 Å².